The number of rotatable bonds is 2. The van der Waals surface area contributed by atoms with Crippen molar-refractivity contribution in [3.63, 3.8) is 0 Å². The molecule has 0 radical (unpaired) electrons. The maximum atomic E-state index is 9.29. The first-order chi connectivity index (χ1) is 7.74. The SMILES string of the molecule is Oc1cccc(C=Nc2cccc(Br)c2)c1. The fourth-order valence-electron chi connectivity index (χ4n) is 1.31. The average Bonchev–Trinajstić information content (AvgIpc) is 2.27. The minimum absolute atomic E-state index is 0.248. The van der Waals surface area contributed by atoms with Crippen LogP contribution in [0.4, 0.5) is 5.69 Å². The van der Waals surface area contributed by atoms with Crippen molar-refractivity contribution in [1.82, 2.24) is 0 Å². The van der Waals surface area contributed by atoms with Crippen molar-refractivity contribution >= 4 is 27.8 Å². The second-order valence-electron chi connectivity index (χ2n) is 3.33. The summed E-state index contributed by atoms with van der Waals surface area (Å²) in [6.07, 6.45) is 1.72. The Morgan fingerprint density at radius 2 is 1.88 bits per heavy atom. The number of halogens is 1. The standard InChI is InChI=1S/C13H10BrNO/c14-11-4-2-5-12(8-11)15-9-10-3-1-6-13(16)7-10/h1-9,16H. The minimum atomic E-state index is 0.248. The van der Waals surface area contributed by atoms with Crippen molar-refractivity contribution in [1.29, 1.82) is 0 Å². The highest BCUT2D eigenvalue weighted by Gasteiger charge is 1.92. The van der Waals surface area contributed by atoms with E-state index in [-0.39, 0.29) is 5.75 Å². The summed E-state index contributed by atoms with van der Waals surface area (Å²) in [4.78, 5) is 4.31. The zero-order valence-corrected chi connectivity index (χ0v) is 10.1. The van der Waals surface area contributed by atoms with E-state index in [1.165, 1.54) is 0 Å². The molecular weight excluding hydrogens is 266 g/mol. The van der Waals surface area contributed by atoms with Crippen LogP contribution in [0.5, 0.6) is 5.75 Å². The first-order valence-corrected chi connectivity index (χ1v) is 5.62. The lowest BCUT2D eigenvalue weighted by Gasteiger charge is -1.96. The zero-order chi connectivity index (χ0) is 11.4. The lowest BCUT2D eigenvalue weighted by atomic mass is 10.2. The second kappa shape index (κ2) is 4.94. The smallest absolute Gasteiger partial charge is 0.116 e. The highest BCUT2D eigenvalue weighted by Crippen LogP contribution is 2.18. The van der Waals surface area contributed by atoms with E-state index in [4.69, 9.17) is 0 Å². The van der Waals surface area contributed by atoms with Gasteiger partial charge >= 0.3 is 0 Å². The number of phenolic OH excluding ortho intramolecular Hbond substituents is 1. The molecular formula is C13H10BrNO. The number of hydrogen-bond donors (Lipinski definition) is 1. The molecule has 0 aliphatic rings. The van der Waals surface area contributed by atoms with E-state index in [1.807, 2.05) is 30.3 Å². The highest BCUT2D eigenvalue weighted by molar-refractivity contribution is 9.10. The molecule has 0 saturated carbocycles. The first-order valence-electron chi connectivity index (χ1n) is 4.83. The number of aliphatic imine (C=N–C) groups is 1. The zero-order valence-electron chi connectivity index (χ0n) is 8.47. The van der Waals surface area contributed by atoms with Gasteiger partial charge in [-0.25, -0.2) is 0 Å². The van der Waals surface area contributed by atoms with Crippen LogP contribution in [0.15, 0.2) is 58.0 Å². The first kappa shape index (κ1) is 10.9. The normalized spacial score (nSPS) is 10.8. The molecule has 0 unspecified atom stereocenters. The van der Waals surface area contributed by atoms with Gasteiger partial charge in [0.05, 0.1) is 5.69 Å². The molecule has 2 aromatic carbocycles. The van der Waals surface area contributed by atoms with Gasteiger partial charge in [0.2, 0.25) is 0 Å². The summed E-state index contributed by atoms with van der Waals surface area (Å²) < 4.78 is 0.998. The number of hydrogen-bond acceptors (Lipinski definition) is 2. The Labute approximate surface area is 102 Å². The summed E-state index contributed by atoms with van der Waals surface area (Å²) in [7, 11) is 0. The maximum Gasteiger partial charge on any atom is 0.116 e. The lowest BCUT2D eigenvalue weighted by Crippen LogP contribution is -1.79. The molecule has 0 bridgehead atoms. The van der Waals surface area contributed by atoms with Gasteiger partial charge in [-0.15, -0.1) is 0 Å². The molecule has 80 valence electrons. The summed E-state index contributed by atoms with van der Waals surface area (Å²) in [5, 5.41) is 9.29. The summed E-state index contributed by atoms with van der Waals surface area (Å²) in [6, 6.07) is 14.7. The Kier molecular flexibility index (Phi) is 3.37. The third-order valence-electron chi connectivity index (χ3n) is 2.04. The van der Waals surface area contributed by atoms with Crippen LogP contribution in [-0.2, 0) is 0 Å². The molecule has 0 fully saturated rings. The third-order valence-corrected chi connectivity index (χ3v) is 2.53. The molecule has 3 heteroatoms. The molecule has 1 N–H and O–H groups in total. The van der Waals surface area contributed by atoms with Gasteiger partial charge in [-0.3, -0.25) is 4.99 Å². The average molecular weight is 276 g/mol. The van der Waals surface area contributed by atoms with Gasteiger partial charge in [-0.05, 0) is 35.9 Å². The van der Waals surface area contributed by atoms with Crippen molar-refractivity contribution in [3.8, 4) is 5.75 Å². The van der Waals surface area contributed by atoms with E-state index in [0.29, 0.717) is 0 Å². The Bertz CT molecular complexity index is 475. The summed E-state index contributed by atoms with van der Waals surface area (Å²) in [5.41, 5.74) is 1.75. The highest BCUT2D eigenvalue weighted by atomic mass is 79.9. The molecule has 0 aromatic heterocycles. The number of nitrogens with zero attached hydrogens (tertiary/aromatic N) is 1. The van der Waals surface area contributed by atoms with E-state index in [0.717, 1.165) is 15.7 Å². The fourth-order valence-corrected chi connectivity index (χ4v) is 1.70. The van der Waals surface area contributed by atoms with E-state index in [9.17, 15) is 5.11 Å². The number of phenols is 1. The Morgan fingerprint density at radius 1 is 1.06 bits per heavy atom. The van der Waals surface area contributed by atoms with E-state index in [1.54, 1.807) is 24.4 Å². The maximum absolute atomic E-state index is 9.29. The molecule has 2 aromatic rings. The summed E-state index contributed by atoms with van der Waals surface area (Å²) in [6.45, 7) is 0. The van der Waals surface area contributed by atoms with Gasteiger partial charge in [0.15, 0.2) is 0 Å². The predicted octanol–water partition coefficient (Wildman–Crippen LogP) is 3.91. The second-order valence-corrected chi connectivity index (χ2v) is 4.25. The number of aromatic hydroxyl groups is 1. The third kappa shape index (κ3) is 2.94. The van der Waals surface area contributed by atoms with Crippen molar-refractivity contribution in [2.75, 3.05) is 0 Å². The van der Waals surface area contributed by atoms with Gasteiger partial charge in [0, 0.05) is 10.7 Å². The molecule has 0 aliphatic heterocycles. The molecule has 0 spiro atoms. The Balaban J connectivity index is 2.21. The largest absolute Gasteiger partial charge is 0.508 e. The van der Waals surface area contributed by atoms with Crippen molar-refractivity contribution in [2.24, 2.45) is 4.99 Å². The molecule has 0 amide bonds. The summed E-state index contributed by atoms with van der Waals surface area (Å²) >= 11 is 3.39. The topological polar surface area (TPSA) is 32.6 Å². The number of benzene rings is 2. The molecule has 2 rings (SSSR count). The van der Waals surface area contributed by atoms with Gasteiger partial charge in [0.25, 0.3) is 0 Å². The molecule has 0 saturated heterocycles. The molecule has 0 aliphatic carbocycles. The Hall–Kier alpha value is -1.61. The van der Waals surface area contributed by atoms with Crippen molar-refractivity contribution in [3.05, 3.63) is 58.6 Å². The van der Waals surface area contributed by atoms with Crippen molar-refractivity contribution in [2.45, 2.75) is 0 Å². The van der Waals surface area contributed by atoms with Gasteiger partial charge in [-0.1, -0.05) is 34.1 Å². The van der Waals surface area contributed by atoms with E-state index in [2.05, 4.69) is 20.9 Å². The minimum Gasteiger partial charge on any atom is -0.508 e. The van der Waals surface area contributed by atoms with Crippen LogP contribution in [0.2, 0.25) is 0 Å². The lowest BCUT2D eigenvalue weighted by molar-refractivity contribution is 0.475. The van der Waals surface area contributed by atoms with Gasteiger partial charge in [0.1, 0.15) is 5.75 Å². The molecule has 2 nitrogen and oxygen atoms in total. The van der Waals surface area contributed by atoms with Crippen LogP contribution in [0, 0.1) is 0 Å². The van der Waals surface area contributed by atoms with Crippen LogP contribution in [0.1, 0.15) is 5.56 Å². The predicted molar refractivity (Wildman–Crippen MR) is 69.5 cm³/mol. The summed E-state index contributed by atoms with van der Waals surface area (Å²) in [5.74, 6) is 0.248. The quantitative estimate of drug-likeness (QED) is 0.829. The van der Waals surface area contributed by atoms with Gasteiger partial charge < -0.3 is 5.11 Å². The monoisotopic (exact) mass is 275 g/mol. The Morgan fingerprint density at radius 3 is 2.62 bits per heavy atom. The van der Waals surface area contributed by atoms with Crippen LogP contribution in [-0.4, -0.2) is 11.3 Å². The van der Waals surface area contributed by atoms with E-state index < -0.39 is 0 Å². The molecule has 16 heavy (non-hydrogen) atoms. The van der Waals surface area contributed by atoms with Crippen LogP contribution in [0.3, 0.4) is 0 Å². The fraction of sp³-hybridized carbons (Fsp3) is 0. The van der Waals surface area contributed by atoms with Crippen LogP contribution >= 0.6 is 15.9 Å². The van der Waals surface area contributed by atoms with Gasteiger partial charge in [-0.2, -0.15) is 0 Å². The van der Waals surface area contributed by atoms with Crippen LogP contribution in [0.25, 0.3) is 0 Å². The van der Waals surface area contributed by atoms with Crippen molar-refractivity contribution < 1.29 is 5.11 Å². The molecule has 0 heterocycles. The van der Waals surface area contributed by atoms with Crippen LogP contribution < -0.4 is 0 Å². The molecule has 0 atom stereocenters. The van der Waals surface area contributed by atoms with E-state index >= 15 is 0 Å².